The maximum absolute atomic E-state index is 5.55. The highest BCUT2D eigenvalue weighted by Crippen LogP contribution is 2.06. The van der Waals surface area contributed by atoms with Crippen molar-refractivity contribution in [1.29, 1.82) is 0 Å². The minimum Gasteiger partial charge on any atom is -0.382 e. The van der Waals surface area contributed by atoms with E-state index in [1.54, 1.807) is 6.07 Å². The van der Waals surface area contributed by atoms with Gasteiger partial charge in [0.25, 0.3) is 0 Å². The highest BCUT2D eigenvalue weighted by molar-refractivity contribution is 5.24. The van der Waals surface area contributed by atoms with Crippen LogP contribution in [0.25, 0.3) is 0 Å². The lowest BCUT2D eigenvalue weighted by atomic mass is 10.3. The van der Waals surface area contributed by atoms with E-state index < -0.39 is 0 Å². The van der Waals surface area contributed by atoms with E-state index in [-0.39, 0.29) is 0 Å². The molecular weight excluding hydrogens is 190 g/mol. The Kier molecular flexibility index (Phi) is 2.45. The molecule has 5 nitrogen and oxygen atoms in total. The van der Waals surface area contributed by atoms with Gasteiger partial charge in [-0.25, -0.2) is 0 Å². The Morgan fingerprint density at radius 3 is 2.73 bits per heavy atom. The number of anilines is 1. The molecule has 0 aliphatic carbocycles. The average molecular weight is 205 g/mol. The van der Waals surface area contributed by atoms with Crippen LogP contribution in [0.2, 0.25) is 0 Å². The molecule has 2 rings (SSSR count). The normalized spacial score (nSPS) is 10.8. The highest BCUT2D eigenvalue weighted by Gasteiger charge is 2.04. The van der Waals surface area contributed by atoms with E-state index in [0.717, 1.165) is 17.8 Å². The smallest absolute Gasteiger partial charge is 0.145 e. The van der Waals surface area contributed by atoms with Crippen molar-refractivity contribution in [3.8, 4) is 0 Å². The van der Waals surface area contributed by atoms with Gasteiger partial charge in [-0.1, -0.05) is 6.92 Å². The van der Waals surface area contributed by atoms with Crippen LogP contribution >= 0.6 is 0 Å². The summed E-state index contributed by atoms with van der Waals surface area (Å²) in [5, 5.41) is 8.51. The van der Waals surface area contributed by atoms with E-state index in [2.05, 4.69) is 23.2 Å². The summed E-state index contributed by atoms with van der Waals surface area (Å²) < 4.78 is 3.70. The van der Waals surface area contributed by atoms with Gasteiger partial charge in [0.05, 0.1) is 17.9 Å². The van der Waals surface area contributed by atoms with Crippen LogP contribution in [0.3, 0.4) is 0 Å². The van der Waals surface area contributed by atoms with Gasteiger partial charge in [-0.3, -0.25) is 9.36 Å². The second-order valence-electron chi connectivity index (χ2n) is 3.54. The quantitative estimate of drug-likeness (QED) is 0.806. The van der Waals surface area contributed by atoms with E-state index in [4.69, 9.17) is 5.73 Å². The predicted molar refractivity (Wildman–Crippen MR) is 58.3 cm³/mol. The van der Waals surface area contributed by atoms with Gasteiger partial charge in [0, 0.05) is 13.2 Å². The Balaban J connectivity index is 2.20. The molecule has 5 heteroatoms. The van der Waals surface area contributed by atoms with Gasteiger partial charge in [0.1, 0.15) is 5.82 Å². The Morgan fingerprint density at radius 2 is 2.20 bits per heavy atom. The standard InChI is InChI=1S/C10H15N5/c1-3-8-6-9(14(2)12-8)7-15-5-4-10(11)13-15/h4-6H,3,7H2,1-2H3,(H2,11,13). The summed E-state index contributed by atoms with van der Waals surface area (Å²) in [7, 11) is 1.95. The van der Waals surface area contributed by atoms with Crippen molar-refractivity contribution in [1.82, 2.24) is 19.6 Å². The first-order valence-electron chi connectivity index (χ1n) is 4.99. The lowest BCUT2D eigenvalue weighted by Crippen LogP contribution is -2.06. The molecular formula is C10H15N5. The lowest BCUT2D eigenvalue weighted by molar-refractivity contribution is 0.619. The monoisotopic (exact) mass is 205 g/mol. The van der Waals surface area contributed by atoms with Crippen LogP contribution in [-0.4, -0.2) is 19.6 Å². The van der Waals surface area contributed by atoms with Gasteiger partial charge >= 0.3 is 0 Å². The van der Waals surface area contributed by atoms with Crippen LogP contribution in [0.4, 0.5) is 5.82 Å². The Labute approximate surface area is 88.5 Å². The molecule has 2 aromatic heterocycles. The van der Waals surface area contributed by atoms with Gasteiger partial charge in [0.2, 0.25) is 0 Å². The van der Waals surface area contributed by atoms with Gasteiger partial charge in [-0.15, -0.1) is 0 Å². The topological polar surface area (TPSA) is 61.7 Å². The van der Waals surface area contributed by atoms with Crippen molar-refractivity contribution < 1.29 is 0 Å². The third-order valence-corrected chi connectivity index (χ3v) is 2.37. The zero-order valence-electron chi connectivity index (χ0n) is 9.01. The van der Waals surface area contributed by atoms with Crippen molar-refractivity contribution in [3.05, 3.63) is 29.7 Å². The molecule has 0 aromatic carbocycles. The lowest BCUT2D eigenvalue weighted by Gasteiger charge is -2.01. The molecule has 0 spiro atoms. The summed E-state index contributed by atoms with van der Waals surface area (Å²) >= 11 is 0. The molecule has 0 bridgehead atoms. The molecule has 0 radical (unpaired) electrons. The first-order valence-corrected chi connectivity index (χ1v) is 4.99. The molecule has 0 atom stereocenters. The minimum absolute atomic E-state index is 0.549. The molecule has 2 heterocycles. The van der Waals surface area contributed by atoms with Crippen LogP contribution < -0.4 is 5.73 Å². The second-order valence-corrected chi connectivity index (χ2v) is 3.54. The van der Waals surface area contributed by atoms with E-state index in [1.807, 2.05) is 22.6 Å². The van der Waals surface area contributed by atoms with Gasteiger partial charge in [-0.2, -0.15) is 10.2 Å². The Hall–Kier alpha value is -1.78. The maximum atomic E-state index is 5.55. The molecule has 0 saturated heterocycles. The number of nitrogen functional groups attached to an aromatic ring is 1. The molecule has 0 amide bonds. The van der Waals surface area contributed by atoms with Gasteiger partial charge in [-0.05, 0) is 18.6 Å². The Bertz CT molecular complexity index is 454. The SMILES string of the molecule is CCc1cc(Cn2ccc(N)n2)n(C)n1. The third-order valence-electron chi connectivity index (χ3n) is 2.37. The molecule has 2 aromatic rings. The summed E-state index contributed by atoms with van der Waals surface area (Å²) in [4.78, 5) is 0. The fraction of sp³-hybridized carbons (Fsp3) is 0.400. The number of nitrogens with two attached hydrogens (primary N) is 1. The second kappa shape index (κ2) is 3.76. The van der Waals surface area contributed by atoms with Crippen molar-refractivity contribution >= 4 is 5.82 Å². The van der Waals surface area contributed by atoms with E-state index in [9.17, 15) is 0 Å². The van der Waals surface area contributed by atoms with Crippen LogP contribution in [-0.2, 0) is 20.0 Å². The van der Waals surface area contributed by atoms with Crippen LogP contribution in [0.1, 0.15) is 18.3 Å². The summed E-state index contributed by atoms with van der Waals surface area (Å²) in [6.07, 6.45) is 2.82. The van der Waals surface area contributed by atoms with Crippen molar-refractivity contribution in [3.63, 3.8) is 0 Å². The number of aryl methyl sites for hydroxylation is 2. The molecule has 0 saturated carbocycles. The number of aromatic nitrogens is 4. The molecule has 15 heavy (non-hydrogen) atoms. The zero-order valence-corrected chi connectivity index (χ0v) is 9.01. The fourth-order valence-electron chi connectivity index (χ4n) is 1.52. The van der Waals surface area contributed by atoms with Crippen molar-refractivity contribution in [2.24, 2.45) is 7.05 Å². The zero-order chi connectivity index (χ0) is 10.8. The Morgan fingerprint density at radius 1 is 1.40 bits per heavy atom. The van der Waals surface area contributed by atoms with Crippen molar-refractivity contribution in [2.75, 3.05) is 5.73 Å². The molecule has 2 N–H and O–H groups in total. The molecule has 0 fully saturated rings. The summed E-state index contributed by atoms with van der Waals surface area (Å²) in [6.45, 7) is 2.80. The number of rotatable bonds is 3. The summed E-state index contributed by atoms with van der Waals surface area (Å²) in [5.74, 6) is 0.549. The largest absolute Gasteiger partial charge is 0.382 e. The summed E-state index contributed by atoms with van der Waals surface area (Å²) in [5.41, 5.74) is 7.79. The number of hydrogen-bond acceptors (Lipinski definition) is 3. The average Bonchev–Trinajstić information content (AvgIpc) is 2.75. The first-order chi connectivity index (χ1) is 7.19. The minimum atomic E-state index is 0.549. The van der Waals surface area contributed by atoms with Gasteiger partial charge in [0.15, 0.2) is 0 Å². The maximum Gasteiger partial charge on any atom is 0.145 e. The number of nitrogens with zero attached hydrogens (tertiary/aromatic N) is 4. The van der Waals surface area contributed by atoms with Gasteiger partial charge < -0.3 is 5.73 Å². The van der Waals surface area contributed by atoms with Crippen molar-refractivity contribution in [2.45, 2.75) is 19.9 Å². The van der Waals surface area contributed by atoms with Crippen LogP contribution in [0.5, 0.6) is 0 Å². The van der Waals surface area contributed by atoms with E-state index >= 15 is 0 Å². The fourth-order valence-corrected chi connectivity index (χ4v) is 1.52. The molecule has 0 aliphatic rings. The molecule has 0 unspecified atom stereocenters. The summed E-state index contributed by atoms with van der Waals surface area (Å²) in [6, 6.07) is 3.88. The molecule has 80 valence electrons. The first kappa shape index (κ1) is 9.76. The van der Waals surface area contributed by atoms with Crippen LogP contribution in [0.15, 0.2) is 18.3 Å². The molecule has 0 aliphatic heterocycles. The number of hydrogen-bond donors (Lipinski definition) is 1. The third kappa shape index (κ3) is 2.01. The van der Waals surface area contributed by atoms with Crippen LogP contribution in [0, 0.1) is 0 Å². The predicted octanol–water partition coefficient (Wildman–Crippen LogP) is 0.809. The highest BCUT2D eigenvalue weighted by atomic mass is 15.3. The van der Waals surface area contributed by atoms with E-state index in [1.165, 1.54) is 0 Å². The van der Waals surface area contributed by atoms with E-state index in [0.29, 0.717) is 12.4 Å².